The van der Waals surface area contributed by atoms with Crippen LogP contribution >= 0.6 is 0 Å². The molecule has 13 heavy (non-hydrogen) atoms. The van der Waals surface area contributed by atoms with E-state index in [4.69, 9.17) is 9.84 Å². The first-order valence-electron chi connectivity index (χ1n) is 4.15. The van der Waals surface area contributed by atoms with E-state index < -0.39 is 12.1 Å². The summed E-state index contributed by atoms with van der Waals surface area (Å²) in [5.41, 5.74) is 0.678. The molecule has 1 rings (SSSR count). The normalized spacial score (nSPS) is 12.4. The zero-order chi connectivity index (χ0) is 9.68. The fourth-order valence-electron chi connectivity index (χ4n) is 1.10. The molecule has 0 unspecified atom stereocenters. The maximum absolute atomic E-state index is 10.8. The number of carboxylic acid groups (broad SMARTS) is 1. The molecule has 3 heteroatoms. The molecule has 0 aliphatic heterocycles. The van der Waals surface area contributed by atoms with Crippen LogP contribution in [-0.2, 0) is 9.53 Å². The highest BCUT2D eigenvalue weighted by Crippen LogP contribution is 2.16. The van der Waals surface area contributed by atoms with E-state index in [1.165, 1.54) is 0 Å². The van der Waals surface area contributed by atoms with Gasteiger partial charge in [-0.3, -0.25) is 0 Å². The number of carbonyl (C=O) groups is 1. The van der Waals surface area contributed by atoms with Crippen molar-refractivity contribution in [3.05, 3.63) is 35.9 Å². The molecule has 0 heterocycles. The Bertz CT molecular complexity index is 269. The molecule has 1 aromatic rings. The first-order valence-corrected chi connectivity index (χ1v) is 4.15. The van der Waals surface area contributed by atoms with Crippen molar-refractivity contribution in [1.29, 1.82) is 0 Å². The summed E-state index contributed by atoms with van der Waals surface area (Å²) in [6, 6.07) is 8.92. The van der Waals surface area contributed by atoms with Gasteiger partial charge in [0.25, 0.3) is 0 Å². The first kappa shape index (κ1) is 9.74. The lowest BCUT2D eigenvalue weighted by atomic mass is 10.1. The van der Waals surface area contributed by atoms with Crippen LogP contribution in [0.4, 0.5) is 0 Å². The molecular weight excluding hydrogens is 168 g/mol. The van der Waals surface area contributed by atoms with Crippen LogP contribution in [0.5, 0.6) is 0 Å². The number of carboxylic acids is 1. The van der Waals surface area contributed by atoms with E-state index in [9.17, 15) is 4.79 Å². The molecule has 70 valence electrons. The van der Waals surface area contributed by atoms with Gasteiger partial charge in [-0.1, -0.05) is 30.3 Å². The van der Waals surface area contributed by atoms with Gasteiger partial charge in [-0.25, -0.2) is 4.79 Å². The van der Waals surface area contributed by atoms with E-state index in [-0.39, 0.29) is 0 Å². The SMILES string of the molecule is CCO[C@@H](C(=O)O)c1ccccc1. The van der Waals surface area contributed by atoms with E-state index in [1.807, 2.05) is 6.07 Å². The van der Waals surface area contributed by atoms with Gasteiger partial charge in [-0.15, -0.1) is 0 Å². The number of benzene rings is 1. The third-order valence-electron chi connectivity index (χ3n) is 1.66. The molecule has 1 N–H and O–H groups in total. The van der Waals surface area contributed by atoms with Crippen molar-refractivity contribution in [1.82, 2.24) is 0 Å². The number of aliphatic carboxylic acids is 1. The quantitative estimate of drug-likeness (QED) is 0.769. The molecule has 0 aliphatic carbocycles. The first-order chi connectivity index (χ1) is 6.25. The zero-order valence-corrected chi connectivity index (χ0v) is 7.43. The number of ether oxygens (including phenoxy) is 1. The third kappa shape index (κ3) is 2.56. The van der Waals surface area contributed by atoms with Gasteiger partial charge in [0.05, 0.1) is 0 Å². The topological polar surface area (TPSA) is 46.5 Å². The number of rotatable bonds is 4. The van der Waals surface area contributed by atoms with Crippen LogP contribution in [0.2, 0.25) is 0 Å². The van der Waals surface area contributed by atoms with Crippen molar-refractivity contribution in [2.24, 2.45) is 0 Å². The minimum Gasteiger partial charge on any atom is -0.479 e. The lowest BCUT2D eigenvalue weighted by Gasteiger charge is -2.11. The van der Waals surface area contributed by atoms with Crippen molar-refractivity contribution in [3.8, 4) is 0 Å². The molecule has 1 atom stereocenters. The maximum atomic E-state index is 10.8. The van der Waals surface area contributed by atoms with Gasteiger partial charge in [0.15, 0.2) is 6.10 Å². The van der Waals surface area contributed by atoms with Crippen LogP contribution in [0, 0.1) is 0 Å². The second-order valence-corrected chi connectivity index (χ2v) is 2.58. The Hall–Kier alpha value is -1.35. The Labute approximate surface area is 77.0 Å². The fraction of sp³-hybridized carbons (Fsp3) is 0.300. The van der Waals surface area contributed by atoms with E-state index in [2.05, 4.69) is 0 Å². The molecule has 0 aromatic heterocycles. The Morgan fingerprint density at radius 1 is 1.46 bits per heavy atom. The number of hydrogen-bond acceptors (Lipinski definition) is 2. The van der Waals surface area contributed by atoms with Gasteiger partial charge in [-0.05, 0) is 12.5 Å². The van der Waals surface area contributed by atoms with Gasteiger partial charge in [0.1, 0.15) is 0 Å². The predicted molar refractivity (Wildman–Crippen MR) is 48.4 cm³/mol. The third-order valence-corrected chi connectivity index (χ3v) is 1.66. The molecule has 0 bridgehead atoms. The standard InChI is InChI=1S/C10H12O3/c1-2-13-9(10(11)12)8-6-4-3-5-7-8/h3-7,9H,2H2,1H3,(H,11,12)/t9-/m1/s1. The van der Waals surface area contributed by atoms with Gasteiger partial charge in [0.2, 0.25) is 0 Å². The molecular formula is C10H12O3. The summed E-state index contributed by atoms with van der Waals surface area (Å²) in [5.74, 6) is -0.951. The molecule has 0 saturated carbocycles. The Balaban J connectivity index is 2.82. The molecule has 1 aromatic carbocycles. The molecule has 0 aliphatic rings. The van der Waals surface area contributed by atoms with Gasteiger partial charge in [-0.2, -0.15) is 0 Å². The van der Waals surface area contributed by atoms with Gasteiger partial charge in [0, 0.05) is 6.61 Å². The van der Waals surface area contributed by atoms with Crippen molar-refractivity contribution in [2.75, 3.05) is 6.61 Å². The van der Waals surface area contributed by atoms with Crippen molar-refractivity contribution in [2.45, 2.75) is 13.0 Å². The summed E-state index contributed by atoms with van der Waals surface area (Å²) in [7, 11) is 0. The highest BCUT2D eigenvalue weighted by atomic mass is 16.5. The number of hydrogen-bond donors (Lipinski definition) is 1. The average molecular weight is 180 g/mol. The van der Waals surface area contributed by atoms with Crippen LogP contribution in [0.15, 0.2) is 30.3 Å². The lowest BCUT2D eigenvalue weighted by Crippen LogP contribution is -2.14. The van der Waals surface area contributed by atoms with Crippen molar-refractivity contribution < 1.29 is 14.6 Å². The smallest absolute Gasteiger partial charge is 0.337 e. The minimum absolute atomic E-state index is 0.395. The molecule has 0 spiro atoms. The van der Waals surface area contributed by atoms with Crippen molar-refractivity contribution >= 4 is 5.97 Å². The summed E-state index contributed by atoms with van der Waals surface area (Å²) in [6.45, 7) is 2.17. The second kappa shape index (κ2) is 4.62. The summed E-state index contributed by atoms with van der Waals surface area (Å²) >= 11 is 0. The molecule has 0 fully saturated rings. The maximum Gasteiger partial charge on any atom is 0.337 e. The van der Waals surface area contributed by atoms with E-state index >= 15 is 0 Å². The van der Waals surface area contributed by atoms with E-state index in [1.54, 1.807) is 31.2 Å². The summed E-state index contributed by atoms with van der Waals surface area (Å²) < 4.78 is 5.09. The van der Waals surface area contributed by atoms with Gasteiger partial charge >= 0.3 is 5.97 Å². The van der Waals surface area contributed by atoms with Crippen LogP contribution in [-0.4, -0.2) is 17.7 Å². The van der Waals surface area contributed by atoms with E-state index in [0.717, 1.165) is 0 Å². The van der Waals surface area contributed by atoms with Gasteiger partial charge < -0.3 is 9.84 Å². The molecule has 0 saturated heterocycles. The monoisotopic (exact) mass is 180 g/mol. The Kier molecular flexibility index (Phi) is 3.46. The second-order valence-electron chi connectivity index (χ2n) is 2.58. The lowest BCUT2D eigenvalue weighted by molar-refractivity contribution is -0.150. The minimum atomic E-state index is -0.951. The Morgan fingerprint density at radius 3 is 2.54 bits per heavy atom. The molecule has 3 nitrogen and oxygen atoms in total. The highest BCUT2D eigenvalue weighted by Gasteiger charge is 2.18. The zero-order valence-electron chi connectivity index (χ0n) is 7.43. The van der Waals surface area contributed by atoms with Crippen LogP contribution in [0.1, 0.15) is 18.6 Å². The highest BCUT2D eigenvalue weighted by molar-refractivity contribution is 5.74. The molecule has 0 radical (unpaired) electrons. The van der Waals surface area contributed by atoms with E-state index in [0.29, 0.717) is 12.2 Å². The summed E-state index contributed by atoms with van der Waals surface area (Å²) in [6.07, 6.45) is -0.841. The van der Waals surface area contributed by atoms with Crippen molar-refractivity contribution in [3.63, 3.8) is 0 Å². The summed E-state index contributed by atoms with van der Waals surface area (Å²) in [5, 5.41) is 8.83. The molecule has 0 amide bonds. The van der Waals surface area contributed by atoms with Crippen LogP contribution < -0.4 is 0 Å². The summed E-state index contributed by atoms with van der Waals surface area (Å²) in [4.78, 5) is 10.8. The predicted octanol–water partition coefficient (Wildman–Crippen LogP) is 1.85. The van der Waals surface area contributed by atoms with Crippen LogP contribution in [0.25, 0.3) is 0 Å². The average Bonchev–Trinajstić information content (AvgIpc) is 2.15. The largest absolute Gasteiger partial charge is 0.479 e. The van der Waals surface area contributed by atoms with Crippen LogP contribution in [0.3, 0.4) is 0 Å². The fourth-order valence-corrected chi connectivity index (χ4v) is 1.10. The Morgan fingerprint density at radius 2 is 2.08 bits per heavy atom.